The van der Waals surface area contributed by atoms with E-state index in [0.717, 1.165) is 5.69 Å². The summed E-state index contributed by atoms with van der Waals surface area (Å²) in [6.45, 7) is 0. The van der Waals surface area contributed by atoms with Gasteiger partial charge >= 0.3 is 0 Å². The second-order valence-electron chi connectivity index (χ2n) is 19.1. The fourth-order valence-electron chi connectivity index (χ4n) is 12.7. The van der Waals surface area contributed by atoms with Gasteiger partial charge in [0.15, 0.2) is 0 Å². The maximum absolute atomic E-state index is 2.47. The van der Waals surface area contributed by atoms with E-state index in [2.05, 4.69) is 265 Å². The van der Waals surface area contributed by atoms with Gasteiger partial charge in [0.2, 0.25) is 0 Å². The van der Waals surface area contributed by atoms with Gasteiger partial charge in [-0.15, -0.1) is 0 Å². The van der Waals surface area contributed by atoms with Gasteiger partial charge in [0, 0.05) is 16.5 Å². The molecule has 2 aliphatic rings. The van der Waals surface area contributed by atoms with Crippen LogP contribution in [0.1, 0.15) is 22.3 Å². The first-order valence-electron chi connectivity index (χ1n) is 24.4. The van der Waals surface area contributed by atoms with E-state index in [0.29, 0.717) is 0 Å². The summed E-state index contributed by atoms with van der Waals surface area (Å²) in [5, 5.41) is 7.55. The summed E-state index contributed by atoms with van der Waals surface area (Å²) in [4.78, 5) is 0. The van der Waals surface area contributed by atoms with Crippen molar-refractivity contribution < 1.29 is 0 Å². The van der Waals surface area contributed by atoms with Crippen molar-refractivity contribution >= 4 is 43.4 Å². The smallest absolute Gasteiger partial charge is 0.0725 e. The highest BCUT2D eigenvalue weighted by Crippen LogP contribution is 2.63. The van der Waals surface area contributed by atoms with Crippen LogP contribution in [0.15, 0.2) is 261 Å². The lowest BCUT2D eigenvalue weighted by atomic mass is 9.70. The molecule has 2 aliphatic carbocycles. The molecular weight excluding hydrogens is 843 g/mol. The Morgan fingerprint density at radius 1 is 0.229 bits per heavy atom. The molecule has 0 fully saturated rings. The third kappa shape index (κ3) is 5.43. The number of para-hydroxylation sites is 1. The number of rotatable bonds is 5. The molecule has 1 heteroatoms. The van der Waals surface area contributed by atoms with Gasteiger partial charge in [0.25, 0.3) is 0 Å². The minimum absolute atomic E-state index is 0.357. The molecule has 0 saturated carbocycles. The number of hydrogen-bond donors (Lipinski definition) is 0. The molecule has 15 rings (SSSR count). The Labute approximate surface area is 406 Å². The van der Waals surface area contributed by atoms with Crippen LogP contribution >= 0.6 is 0 Å². The Morgan fingerprint density at radius 3 is 1.17 bits per heavy atom. The second-order valence-corrected chi connectivity index (χ2v) is 19.1. The number of hydrogen-bond acceptors (Lipinski definition) is 0. The van der Waals surface area contributed by atoms with Gasteiger partial charge in [-0.25, -0.2) is 0 Å². The molecule has 1 spiro atoms. The fraction of sp³-hybridized carbons (Fsp3) is 0.0145. The Hall–Kier alpha value is -9.04. The summed E-state index contributed by atoms with van der Waals surface area (Å²) in [6.07, 6.45) is 0. The van der Waals surface area contributed by atoms with Crippen LogP contribution in [0.2, 0.25) is 0 Å². The average molecular weight is 886 g/mol. The zero-order valence-corrected chi connectivity index (χ0v) is 38.3. The molecule has 1 aromatic heterocycles. The molecule has 0 atom stereocenters. The van der Waals surface area contributed by atoms with E-state index in [4.69, 9.17) is 0 Å². The van der Waals surface area contributed by atoms with Crippen molar-refractivity contribution in [2.24, 2.45) is 0 Å². The highest BCUT2D eigenvalue weighted by Gasteiger charge is 2.51. The topological polar surface area (TPSA) is 4.93 Å². The molecular formula is C69H43N. The van der Waals surface area contributed by atoms with Crippen LogP contribution in [-0.2, 0) is 5.41 Å². The maximum atomic E-state index is 2.47. The summed E-state index contributed by atoms with van der Waals surface area (Å²) in [5.74, 6) is 0. The summed E-state index contributed by atoms with van der Waals surface area (Å²) in [7, 11) is 0. The summed E-state index contributed by atoms with van der Waals surface area (Å²) in [5.41, 5.74) is 23.8. The summed E-state index contributed by atoms with van der Waals surface area (Å²) < 4.78 is 2.43. The van der Waals surface area contributed by atoms with Gasteiger partial charge in [0.05, 0.1) is 16.4 Å². The molecule has 0 bridgehead atoms. The first-order chi connectivity index (χ1) is 34.7. The highest BCUT2D eigenvalue weighted by atomic mass is 15.0. The Kier molecular flexibility index (Phi) is 8.35. The molecule has 0 unspecified atom stereocenters. The van der Waals surface area contributed by atoms with Gasteiger partial charge in [-0.2, -0.15) is 0 Å². The molecule has 1 heterocycles. The predicted molar refractivity (Wildman–Crippen MR) is 294 cm³/mol. The molecule has 324 valence electrons. The summed E-state index contributed by atoms with van der Waals surface area (Å²) in [6, 6.07) is 97.1. The van der Waals surface area contributed by atoms with Crippen LogP contribution in [0.25, 0.3) is 116 Å². The zero-order chi connectivity index (χ0) is 45.9. The van der Waals surface area contributed by atoms with E-state index in [1.165, 1.54) is 132 Å². The van der Waals surface area contributed by atoms with Gasteiger partial charge in [-0.05, 0) is 147 Å². The number of benzene rings is 12. The largest absolute Gasteiger partial charge is 0.309 e. The van der Waals surface area contributed by atoms with Crippen LogP contribution in [0, 0.1) is 0 Å². The van der Waals surface area contributed by atoms with Crippen LogP contribution in [0.5, 0.6) is 0 Å². The van der Waals surface area contributed by atoms with Crippen molar-refractivity contribution in [1.82, 2.24) is 4.57 Å². The van der Waals surface area contributed by atoms with Crippen molar-refractivity contribution in [3.63, 3.8) is 0 Å². The van der Waals surface area contributed by atoms with E-state index < -0.39 is 0 Å². The molecule has 0 saturated heterocycles. The van der Waals surface area contributed by atoms with Crippen molar-refractivity contribution in [2.45, 2.75) is 5.41 Å². The molecule has 0 N–H and O–H groups in total. The zero-order valence-electron chi connectivity index (χ0n) is 38.3. The number of nitrogens with zero attached hydrogens (tertiary/aromatic N) is 1. The van der Waals surface area contributed by atoms with Gasteiger partial charge in [-0.1, -0.05) is 224 Å². The van der Waals surface area contributed by atoms with E-state index in [1.54, 1.807) is 0 Å². The standard InChI is InChI=1S/C69H43N/c1-2-16-46(17-3-1)67-56-22-4-6-24-58(56)68(59-25-7-5-23-57(59)67)47-34-38-50(39-35-47)70-65-29-15-11-21-55(65)60-42-48(37-41-66(60)70)44-30-32-45(33-31-44)49-36-40-54-53-20-10-14-28-63(53)69(64(54)43-49)61-26-12-8-18-51(61)52-19-9-13-27-62(52)69/h1-43H. The first kappa shape index (κ1) is 39.0. The molecule has 0 aliphatic heterocycles. The number of fused-ring (bicyclic) bond motifs is 15. The quantitative estimate of drug-likeness (QED) is 0.152. The Bertz CT molecular complexity index is 4150. The average Bonchev–Trinajstić information content (AvgIpc) is 4.04. The van der Waals surface area contributed by atoms with Crippen molar-refractivity contribution in [3.05, 3.63) is 283 Å². The highest BCUT2D eigenvalue weighted by molar-refractivity contribution is 6.21. The molecule has 12 aromatic carbocycles. The van der Waals surface area contributed by atoms with Crippen molar-refractivity contribution in [2.75, 3.05) is 0 Å². The van der Waals surface area contributed by atoms with E-state index in [9.17, 15) is 0 Å². The van der Waals surface area contributed by atoms with E-state index >= 15 is 0 Å². The molecule has 0 radical (unpaired) electrons. The van der Waals surface area contributed by atoms with Gasteiger partial charge in [0.1, 0.15) is 0 Å². The van der Waals surface area contributed by atoms with Crippen LogP contribution in [0.4, 0.5) is 0 Å². The van der Waals surface area contributed by atoms with Crippen molar-refractivity contribution in [3.8, 4) is 72.4 Å². The van der Waals surface area contributed by atoms with Crippen molar-refractivity contribution in [1.29, 1.82) is 0 Å². The SMILES string of the molecule is c1ccc(-c2c3ccccc3c(-c3ccc(-n4c5ccccc5c5cc(-c6ccc(-c7ccc8c(c7)C7(c9ccccc9-c9ccccc97)c7ccccc7-8)cc6)ccc54)cc3)c3ccccc23)cc1. The minimum atomic E-state index is -0.357. The van der Waals surface area contributed by atoms with Crippen LogP contribution in [-0.4, -0.2) is 4.57 Å². The van der Waals surface area contributed by atoms with Gasteiger partial charge in [-0.3, -0.25) is 0 Å². The van der Waals surface area contributed by atoms with E-state index in [-0.39, 0.29) is 5.41 Å². The van der Waals surface area contributed by atoms with Crippen LogP contribution < -0.4 is 0 Å². The lowest BCUT2D eigenvalue weighted by molar-refractivity contribution is 0.794. The van der Waals surface area contributed by atoms with E-state index in [1.807, 2.05) is 0 Å². The monoisotopic (exact) mass is 885 g/mol. The Balaban J connectivity index is 0.801. The van der Waals surface area contributed by atoms with Gasteiger partial charge < -0.3 is 4.57 Å². The molecule has 0 amide bonds. The summed E-state index contributed by atoms with van der Waals surface area (Å²) >= 11 is 0. The lowest BCUT2D eigenvalue weighted by Gasteiger charge is -2.30. The molecule has 70 heavy (non-hydrogen) atoms. The molecule has 13 aromatic rings. The normalized spacial score (nSPS) is 13.0. The first-order valence-corrected chi connectivity index (χ1v) is 24.4. The maximum Gasteiger partial charge on any atom is 0.0725 e. The minimum Gasteiger partial charge on any atom is -0.309 e. The molecule has 1 nitrogen and oxygen atoms in total. The number of aromatic nitrogens is 1. The van der Waals surface area contributed by atoms with Crippen LogP contribution in [0.3, 0.4) is 0 Å². The lowest BCUT2D eigenvalue weighted by Crippen LogP contribution is -2.25. The Morgan fingerprint density at radius 2 is 0.614 bits per heavy atom. The third-order valence-corrected chi connectivity index (χ3v) is 15.6. The second kappa shape index (κ2) is 15.0. The third-order valence-electron chi connectivity index (χ3n) is 15.6. The fourth-order valence-corrected chi connectivity index (χ4v) is 12.7. The predicted octanol–water partition coefficient (Wildman–Crippen LogP) is 18.1.